The average molecular weight is 231 g/mol. The minimum atomic E-state index is -1.08. The molecule has 0 heterocycles. The topological polar surface area (TPSA) is 93.1 Å². The Morgan fingerprint density at radius 3 is 2.46 bits per heavy atom. The van der Waals surface area contributed by atoms with Gasteiger partial charge in [0.05, 0.1) is 0 Å². The van der Waals surface area contributed by atoms with Crippen LogP contribution in [0.5, 0.6) is 0 Å². The molecule has 0 radical (unpaired) electrons. The fraction of sp³-hybridized carbons (Fsp3) is 0.333. The summed E-state index contributed by atoms with van der Waals surface area (Å²) in [5.74, 6) is -1.96. The third kappa shape index (κ3) is 5.48. The van der Waals surface area contributed by atoms with E-state index >= 15 is 0 Å². The van der Waals surface area contributed by atoms with Crippen LogP contribution in [0.15, 0.2) is 0 Å². The number of carbonyl (C=O) groups excluding carboxylic acids is 2. The quantitative estimate of drug-likeness (QED) is 0.268. The van der Waals surface area contributed by atoms with Gasteiger partial charge in [-0.2, -0.15) is 0 Å². The van der Waals surface area contributed by atoms with Gasteiger partial charge in [0.1, 0.15) is 0 Å². The molecule has 0 rings (SSSR count). The molecule has 0 aliphatic heterocycles. The molecule has 0 amide bonds. The van der Waals surface area contributed by atoms with Crippen molar-refractivity contribution in [2.24, 2.45) is 0 Å². The molecule has 0 aromatic heterocycles. The van der Waals surface area contributed by atoms with Crippen molar-refractivity contribution in [3.05, 3.63) is 6.61 Å². The van der Waals surface area contributed by atoms with Crippen molar-refractivity contribution in [2.45, 2.75) is 6.42 Å². The first-order valence-electron chi connectivity index (χ1n) is 3.13. The molecular formula is C6H7FeO6. The zero-order valence-corrected chi connectivity index (χ0v) is 7.48. The SMILES string of the molecule is O=C(CCO)OOC(=O)[C](=[Fe+])[CH-]O. The molecule has 2 N–H and O–H groups in total. The van der Waals surface area contributed by atoms with Gasteiger partial charge in [-0.3, -0.25) is 0 Å². The van der Waals surface area contributed by atoms with Crippen molar-refractivity contribution >= 4 is 16.4 Å². The number of rotatable bonds is 4. The van der Waals surface area contributed by atoms with Gasteiger partial charge in [0.15, 0.2) is 0 Å². The standard InChI is InChI=1S/C6H7O6.Fe/c7-3-1-5(9)11-12-6(10)2-4-8;/h4,7-8H,1,3H2;/q-1;+1. The van der Waals surface area contributed by atoms with Crippen LogP contribution in [0.2, 0.25) is 0 Å². The van der Waals surface area contributed by atoms with E-state index in [0.717, 1.165) is 0 Å². The first-order chi connectivity index (χ1) is 6.11. The van der Waals surface area contributed by atoms with E-state index in [9.17, 15) is 9.59 Å². The number of hydrogen-bond donors (Lipinski definition) is 2. The molecule has 7 heteroatoms. The molecule has 75 valence electrons. The van der Waals surface area contributed by atoms with E-state index in [1.165, 1.54) is 0 Å². The maximum atomic E-state index is 10.6. The van der Waals surface area contributed by atoms with E-state index in [-0.39, 0.29) is 10.8 Å². The van der Waals surface area contributed by atoms with E-state index < -0.39 is 18.5 Å². The van der Waals surface area contributed by atoms with Gasteiger partial charge in [0, 0.05) is 0 Å². The summed E-state index contributed by atoms with van der Waals surface area (Å²) in [6.45, 7) is 0.0195. The second-order valence-electron chi connectivity index (χ2n) is 1.76. The zero-order chi connectivity index (χ0) is 10.3. The Balaban J connectivity index is 3.70. The summed E-state index contributed by atoms with van der Waals surface area (Å²) in [5.41, 5.74) is 0. The molecule has 0 aliphatic carbocycles. The predicted octanol–water partition coefficient (Wildman–Crippen LogP) is -1.38. The molecule has 0 spiro atoms. The third-order valence-electron chi connectivity index (χ3n) is 0.826. The van der Waals surface area contributed by atoms with Crippen molar-refractivity contribution < 1.29 is 45.2 Å². The molecule has 0 fully saturated rings. The van der Waals surface area contributed by atoms with Crippen LogP contribution in [0.1, 0.15) is 6.42 Å². The summed E-state index contributed by atoms with van der Waals surface area (Å²) in [6.07, 6.45) is -0.275. The van der Waals surface area contributed by atoms with E-state index in [1.807, 2.05) is 0 Å². The van der Waals surface area contributed by atoms with Gasteiger partial charge in [0.25, 0.3) is 0 Å². The maximum absolute atomic E-state index is 10.6. The van der Waals surface area contributed by atoms with E-state index in [1.54, 1.807) is 0 Å². The van der Waals surface area contributed by atoms with Crippen molar-refractivity contribution in [1.82, 2.24) is 0 Å². The van der Waals surface area contributed by atoms with Gasteiger partial charge in [-0.25, -0.2) is 0 Å². The summed E-state index contributed by atoms with van der Waals surface area (Å²) in [5, 5.41) is 16.5. The van der Waals surface area contributed by atoms with Gasteiger partial charge in [0.2, 0.25) is 0 Å². The molecule has 0 atom stereocenters. The van der Waals surface area contributed by atoms with E-state index in [4.69, 9.17) is 10.2 Å². The molecule has 0 saturated carbocycles. The second kappa shape index (κ2) is 6.73. The molecule has 0 saturated heterocycles. The predicted molar refractivity (Wildman–Crippen MR) is 35.1 cm³/mol. The Kier molecular flexibility index (Phi) is 6.34. The molecule has 0 unspecified atom stereocenters. The van der Waals surface area contributed by atoms with Crippen molar-refractivity contribution in [3.63, 3.8) is 0 Å². The minimum absolute atomic E-state index is 0.275. The summed E-state index contributed by atoms with van der Waals surface area (Å²) < 4.78 is -0.350. The fourth-order valence-corrected chi connectivity index (χ4v) is 0.355. The van der Waals surface area contributed by atoms with E-state index in [0.29, 0.717) is 6.61 Å². The average Bonchev–Trinajstić information content (AvgIpc) is 2.13. The first kappa shape index (κ1) is 12.2. The van der Waals surface area contributed by atoms with Crippen LogP contribution in [0.3, 0.4) is 0 Å². The Hall–Kier alpha value is -0.751. The molecule has 0 bridgehead atoms. The second-order valence-corrected chi connectivity index (χ2v) is 2.36. The van der Waals surface area contributed by atoms with Crippen molar-refractivity contribution in [1.29, 1.82) is 0 Å². The summed E-state index contributed by atoms with van der Waals surface area (Å²) in [6, 6.07) is 0. The van der Waals surface area contributed by atoms with Crippen molar-refractivity contribution in [2.75, 3.05) is 6.61 Å². The number of aliphatic hydroxyl groups excluding tert-OH is 2. The van der Waals surface area contributed by atoms with Crippen LogP contribution in [0.4, 0.5) is 0 Å². The molecule has 13 heavy (non-hydrogen) atoms. The number of hydrogen-bond acceptors (Lipinski definition) is 6. The van der Waals surface area contributed by atoms with Gasteiger partial charge < -0.3 is 0 Å². The molecule has 6 nitrogen and oxygen atoms in total. The Labute approximate surface area is 81.7 Å². The summed E-state index contributed by atoms with van der Waals surface area (Å²) in [4.78, 5) is 29.0. The third-order valence-corrected chi connectivity index (χ3v) is 1.19. The molecular weight excluding hydrogens is 224 g/mol. The van der Waals surface area contributed by atoms with Gasteiger partial charge >= 0.3 is 81.1 Å². The number of carbonyl (C=O) groups is 2. The monoisotopic (exact) mass is 231 g/mol. The molecule has 0 aromatic carbocycles. The van der Waals surface area contributed by atoms with Gasteiger partial charge in [-0.1, -0.05) is 0 Å². The van der Waals surface area contributed by atoms with Crippen LogP contribution < -0.4 is 0 Å². The van der Waals surface area contributed by atoms with Crippen LogP contribution in [0, 0.1) is 6.61 Å². The summed E-state index contributed by atoms with van der Waals surface area (Å²) in [7, 11) is 0. The Morgan fingerprint density at radius 2 is 2.00 bits per heavy atom. The molecule has 0 aliphatic rings. The van der Waals surface area contributed by atoms with Gasteiger partial charge in [-0.15, -0.1) is 0 Å². The van der Waals surface area contributed by atoms with Crippen LogP contribution in [-0.2, 0) is 34.9 Å². The molecule has 0 aromatic rings. The number of aliphatic hydroxyl groups is 2. The Bertz CT molecular complexity index is 213. The zero-order valence-electron chi connectivity index (χ0n) is 6.37. The van der Waals surface area contributed by atoms with Crippen LogP contribution >= 0.6 is 0 Å². The van der Waals surface area contributed by atoms with Crippen LogP contribution in [0.25, 0.3) is 0 Å². The first-order valence-corrected chi connectivity index (χ1v) is 3.68. The van der Waals surface area contributed by atoms with Crippen LogP contribution in [-0.4, -0.2) is 33.2 Å². The van der Waals surface area contributed by atoms with Crippen molar-refractivity contribution in [3.8, 4) is 0 Å². The Morgan fingerprint density at radius 1 is 1.38 bits per heavy atom. The van der Waals surface area contributed by atoms with Gasteiger partial charge in [-0.05, 0) is 0 Å². The fourth-order valence-electron chi connectivity index (χ4n) is 0.309. The normalized spacial score (nSPS) is 9.08. The summed E-state index contributed by atoms with van der Waals surface area (Å²) >= 11 is 3.08. The van der Waals surface area contributed by atoms with E-state index in [2.05, 4.69) is 25.4 Å².